The van der Waals surface area contributed by atoms with Crippen molar-refractivity contribution >= 4 is 23.4 Å². The maximum Gasteiger partial charge on any atom is 0.276 e. The van der Waals surface area contributed by atoms with Gasteiger partial charge in [0.15, 0.2) is 11.5 Å². The van der Waals surface area contributed by atoms with Crippen LogP contribution in [-0.2, 0) is 4.79 Å². The van der Waals surface area contributed by atoms with E-state index in [2.05, 4.69) is 10.5 Å². The predicted molar refractivity (Wildman–Crippen MR) is 94.3 cm³/mol. The van der Waals surface area contributed by atoms with E-state index in [1.54, 1.807) is 29.2 Å². The van der Waals surface area contributed by atoms with E-state index in [1.165, 1.54) is 0 Å². The molecule has 1 fully saturated rings. The summed E-state index contributed by atoms with van der Waals surface area (Å²) in [7, 11) is 0. The number of carbonyl (C=O) groups excluding carboxylic acids is 2. The van der Waals surface area contributed by atoms with Gasteiger partial charge in [0, 0.05) is 29.2 Å². The Morgan fingerprint density at radius 2 is 2.16 bits per heavy atom. The van der Waals surface area contributed by atoms with Crippen molar-refractivity contribution in [3.05, 3.63) is 41.0 Å². The minimum absolute atomic E-state index is 0.0338. The van der Waals surface area contributed by atoms with E-state index in [4.69, 9.17) is 16.1 Å². The van der Waals surface area contributed by atoms with E-state index in [0.29, 0.717) is 23.7 Å². The molecule has 1 atom stereocenters. The smallest absolute Gasteiger partial charge is 0.276 e. The molecule has 3 rings (SSSR count). The van der Waals surface area contributed by atoms with Gasteiger partial charge in [0.25, 0.3) is 5.91 Å². The Kier molecular flexibility index (Phi) is 5.08. The van der Waals surface area contributed by atoms with Crippen LogP contribution in [0.15, 0.2) is 34.9 Å². The first-order valence-electron chi connectivity index (χ1n) is 8.29. The minimum atomic E-state index is -0.457. The third kappa shape index (κ3) is 3.85. The molecule has 0 unspecified atom stereocenters. The van der Waals surface area contributed by atoms with Gasteiger partial charge in [-0.1, -0.05) is 28.9 Å². The van der Waals surface area contributed by atoms with Crippen LogP contribution in [0.4, 0.5) is 0 Å². The van der Waals surface area contributed by atoms with Crippen LogP contribution < -0.4 is 5.32 Å². The molecule has 0 spiro atoms. The molecule has 1 saturated heterocycles. The molecule has 1 aromatic heterocycles. The molecule has 2 heterocycles. The van der Waals surface area contributed by atoms with Crippen molar-refractivity contribution in [2.75, 3.05) is 6.54 Å². The summed E-state index contributed by atoms with van der Waals surface area (Å²) in [6.45, 7) is 4.33. The maximum atomic E-state index is 12.8. The summed E-state index contributed by atoms with van der Waals surface area (Å²) >= 11 is 5.98. The number of hydrogen-bond donors (Lipinski definition) is 1. The van der Waals surface area contributed by atoms with Crippen LogP contribution in [0.5, 0.6) is 0 Å². The molecule has 6 nitrogen and oxygen atoms in total. The van der Waals surface area contributed by atoms with Crippen LogP contribution in [-0.4, -0.2) is 40.5 Å². The number of rotatable bonds is 4. The van der Waals surface area contributed by atoms with E-state index < -0.39 is 6.04 Å². The van der Waals surface area contributed by atoms with Crippen molar-refractivity contribution in [3.63, 3.8) is 0 Å². The average Bonchev–Trinajstić information content (AvgIpc) is 3.23. The fourth-order valence-corrected chi connectivity index (χ4v) is 3.15. The highest BCUT2D eigenvalue weighted by molar-refractivity contribution is 6.30. The highest BCUT2D eigenvalue weighted by Crippen LogP contribution is 2.25. The Morgan fingerprint density at radius 1 is 1.36 bits per heavy atom. The lowest BCUT2D eigenvalue weighted by molar-refractivity contribution is -0.125. The summed E-state index contributed by atoms with van der Waals surface area (Å²) in [6.07, 6.45) is 1.45. The van der Waals surface area contributed by atoms with Crippen LogP contribution in [0.2, 0.25) is 5.02 Å². The van der Waals surface area contributed by atoms with Crippen LogP contribution in [0.1, 0.15) is 37.2 Å². The van der Waals surface area contributed by atoms with Gasteiger partial charge in [-0.2, -0.15) is 0 Å². The summed E-state index contributed by atoms with van der Waals surface area (Å²) in [4.78, 5) is 26.6. The Hall–Kier alpha value is -2.34. The van der Waals surface area contributed by atoms with Crippen molar-refractivity contribution in [1.29, 1.82) is 0 Å². The molecule has 1 aliphatic rings. The zero-order chi connectivity index (χ0) is 18.0. The lowest BCUT2D eigenvalue weighted by atomic mass is 10.1. The largest absolute Gasteiger partial charge is 0.355 e. The van der Waals surface area contributed by atoms with Crippen molar-refractivity contribution in [1.82, 2.24) is 15.4 Å². The fraction of sp³-hybridized carbons (Fsp3) is 0.389. The van der Waals surface area contributed by atoms with Crippen molar-refractivity contribution in [2.45, 2.75) is 38.8 Å². The molecule has 1 aliphatic heterocycles. The first-order chi connectivity index (χ1) is 12.0. The number of likely N-dealkylation sites (tertiary alicyclic amines) is 1. The van der Waals surface area contributed by atoms with E-state index in [9.17, 15) is 9.59 Å². The lowest BCUT2D eigenvalue weighted by Crippen LogP contribution is -2.47. The maximum absolute atomic E-state index is 12.8. The molecular formula is C18H20ClN3O3. The monoisotopic (exact) mass is 361 g/mol. The van der Waals surface area contributed by atoms with Crippen LogP contribution in [0.25, 0.3) is 11.3 Å². The van der Waals surface area contributed by atoms with Crippen LogP contribution in [0, 0.1) is 0 Å². The number of halogens is 1. The number of nitrogens with zero attached hydrogens (tertiary/aromatic N) is 2. The Morgan fingerprint density at radius 3 is 2.88 bits per heavy atom. The summed E-state index contributed by atoms with van der Waals surface area (Å²) < 4.78 is 5.29. The standard InChI is InChI=1S/C18H20ClN3O3/c1-11(2)20-17(23)15-7-4-8-22(15)18(24)14-10-16(25-21-14)12-5-3-6-13(19)9-12/h3,5-6,9-11,15H,4,7-8H2,1-2H3,(H,20,23)/t15-/m0/s1. The second-order valence-corrected chi connectivity index (χ2v) is 6.84. The van der Waals surface area contributed by atoms with Gasteiger partial charge in [-0.05, 0) is 38.8 Å². The van der Waals surface area contributed by atoms with Gasteiger partial charge in [-0.3, -0.25) is 9.59 Å². The Bertz CT molecular complexity index is 787. The van der Waals surface area contributed by atoms with Gasteiger partial charge in [0.05, 0.1) is 0 Å². The summed E-state index contributed by atoms with van der Waals surface area (Å²) in [5.41, 5.74) is 0.939. The third-order valence-electron chi connectivity index (χ3n) is 4.09. The highest BCUT2D eigenvalue weighted by Gasteiger charge is 2.35. The highest BCUT2D eigenvalue weighted by atomic mass is 35.5. The van der Waals surface area contributed by atoms with Gasteiger partial charge in [-0.25, -0.2) is 0 Å². The van der Waals surface area contributed by atoms with Gasteiger partial charge >= 0.3 is 0 Å². The van der Waals surface area contributed by atoms with E-state index in [-0.39, 0.29) is 23.6 Å². The molecule has 1 aromatic carbocycles. The normalized spacial score (nSPS) is 17.1. The molecule has 0 radical (unpaired) electrons. The quantitative estimate of drug-likeness (QED) is 0.907. The third-order valence-corrected chi connectivity index (χ3v) is 4.32. The fourth-order valence-electron chi connectivity index (χ4n) is 2.96. The molecule has 0 aliphatic carbocycles. The SMILES string of the molecule is CC(C)NC(=O)[C@@H]1CCCN1C(=O)c1cc(-c2cccc(Cl)c2)on1. The van der Waals surface area contributed by atoms with Gasteiger partial charge in [0.2, 0.25) is 5.91 Å². The summed E-state index contributed by atoms with van der Waals surface area (Å²) in [6, 6.07) is 8.29. The average molecular weight is 362 g/mol. The van der Waals surface area contributed by atoms with Crippen molar-refractivity contribution < 1.29 is 14.1 Å². The van der Waals surface area contributed by atoms with Gasteiger partial charge in [0.1, 0.15) is 6.04 Å². The first-order valence-corrected chi connectivity index (χ1v) is 8.67. The van der Waals surface area contributed by atoms with Gasteiger partial charge in [-0.15, -0.1) is 0 Å². The van der Waals surface area contributed by atoms with Crippen molar-refractivity contribution in [3.8, 4) is 11.3 Å². The van der Waals surface area contributed by atoms with Crippen LogP contribution >= 0.6 is 11.6 Å². The zero-order valence-corrected chi connectivity index (χ0v) is 14.9. The number of benzene rings is 1. The second-order valence-electron chi connectivity index (χ2n) is 6.41. The summed E-state index contributed by atoms with van der Waals surface area (Å²) in [5, 5.41) is 7.32. The van der Waals surface area contributed by atoms with Gasteiger partial charge < -0.3 is 14.7 Å². The summed E-state index contributed by atoms with van der Waals surface area (Å²) in [5.74, 6) is 0.0473. The zero-order valence-electron chi connectivity index (χ0n) is 14.2. The molecule has 1 N–H and O–H groups in total. The Labute approximate surface area is 151 Å². The molecule has 0 bridgehead atoms. The number of aromatic nitrogens is 1. The molecule has 2 aromatic rings. The lowest BCUT2D eigenvalue weighted by Gasteiger charge is -2.23. The second kappa shape index (κ2) is 7.27. The number of nitrogens with one attached hydrogen (secondary N) is 1. The topological polar surface area (TPSA) is 75.4 Å². The van der Waals surface area contributed by atoms with Crippen LogP contribution in [0.3, 0.4) is 0 Å². The molecule has 7 heteroatoms. The molecular weight excluding hydrogens is 342 g/mol. The molecule has 132 valence electrons. The number of carbonyl (C=O) groups is 2. The minimum Gasteiger partial charge on any atom is -0.355 e. The predicted octanol–water partition coefficient (Wildman–Crippen LogP) is 3.12. The molecule has 0 saturated carbocycles. The van der Waals surface area contributed by atoms with Crippen molar-refractivity contribution in [2.24, 2.45) is 0 Å². The molecule has 2 amide bonds. The van der Waals surface area contributed by atoms with E-state index in [0.717, 1.165) is 12.0 Å². The number of amides is 2. The first kappa shape index (κ1) is 17.5. The van der Waals surface area contributed by atoms with E-state index >= 15 is 0 Å². The number of hydrogen-bond acceptors (Lipinski definition) is 4. The molecule has 25 heavy (non-hydrogen) atoms. The van der Waals surface area contributed by atoms with E-state index in [1.807, 2.05) is 19.9 Å². The Balaban J connectivity index is 1.78.